The quantitative estimate of drug-likeness (QED) is 0.788. The Morgan fingerprint density at radius 2 is 2.14 bits per heavy atom. The molecular formula is C17H22N2O2. The van der Waals surface area contributed by atoms with Gasteiger partial charge in [0.1, 0.15) is 18.1 Å². The summed E-state index contributed by atoms with van der Waals surface area (Å²) in [4.78, 5) is 0. The van der Waals surface area contributed by atoms with Gasteiger partial charge >= 0.3 is 0 Å². The number of nitrogens with one attached hydrogen (secondary N) is 1. The van der Waals surface area contributed by atoms with Gasteiger partial charge in [-0.25, -0.2) is 0 Å². The molecule has 0 radical (unpaired) electrons. The number of hydrogen-bond acceptors (Lipinski definition) is 4. The average Bonchev–Trinajstić information content (AvgIpc) is 2.82. The van der Waals surface area contributed by atoms with Crippen LogP contribution in [-0.2, 0) is 6.54 Å². The van der Waals surface area contributed by atoms with Crippen molar-refractivity contribution in [2.75, 3.05) is 6.61 Å². The monoisotopic (exact) mass is 286 g/mol. The van der Waals surface area contributed by atoms with Crippen LogP contribution in [0.5, 0.6) is 5.75 Å². The largest absolute Gasteiger partial charge is 0.489 e. The third-order valence-corrected chi connectivity index (χ3v) is 3.45. The molecule has 0 spiro atoms. The minimum Gasteiger partial charge on any atom is -0.489 e. The molecule has 21 heavy (non-hydrogen) atoms. The van der Waals surface area contributed by atoms with Crippen molar-refractivity contribution in [3.63, 3.8) is 0 Å². The molecule has 2 rings (SSSR count). The van der Waals surface area contributed by atoms with Gasteiger partial charge in [0, 0.05) is 23.7 Å². The van der Waals surface area contributed by atoms with Gasteiger partial charge in [0.2, 0.25) is 0 Å². The first-order chi connectivity index (χ1) is 10.1. The van der Waals surface area contributed by atoms with Crippen LogP contribution in [0, 0.1) is 13.8 Å². The molecule has 0 saturated carbocycles. The molecule has 0 amide bonds. The zero-order chi connectivity index (χ0) is 15.2. The van der Waals surface area contributed by atoms with Crippen molar-refractivity contribution >= 4 is 0 Å². The smallest absolute Gasteiger partial charge is 0.138 e. The summed E-state index contributed by atoms with van der Waals surface area (Å²) in [6.07, 6.45) is 1.75. The van der Waals surface area contributed by atoms with Gasteiger partial charge in [-0.05, 0) is 26.8 Å². The fourth-order valence-electron chi connectivity index (χ4n) is 2.41. The van der Waals surface area contributed by atoms with Crippen LogP contribution in [0.25, 0.3) is 0 Å². The van der Waals surface area contributed by atoms with Gasteiger partial charge in [-0.15, -0.1) is 0 Å². The number of nitrogens with zero attached hydrogens (tertiary/aromatic N) is 1. The Balaban J connectivity index is 2.04. The van der Waals surface area contributed by atoms with Gasteiger partial charge in [0.25, 0.3) is 0 Å². The van der Waals surface area contributed by atoms with Crippen LogP contribution >= 0.6 is 0 Å². The van der Waals surface area contributed by atoms with E-state index in [-0.39, 0.29) is 6.04 Å². The van der Waals surface area contributed by atoms with Crippen molar-refractivity contribution < 1.29 is 9.26 Å². The lowest BCUT2D eigenvalue weighted by Gasteiger charge is -2.16. The Morgan fingerprint density at radius 3 is 2.81 bits per heavy atom. The highest BCUT2D eigenvalue weighted by molar-refractivity contribution is 5.33. The molecule has 0 aliphatic rings. The number of rotatable bonds is 7. The Morgan fingerprint density at radius 1 is 1.38 bits per heavy atom. The van der Waals surface area contributed by atoms with E-state index in [1.54, 1.807) is 6.08 Å². The molecule has 4 nitrogen and oxygen atoms in total. The van der Waals surface area contributed by atoms with Crippen LogP contribution in [-0.4, -0.2) is 11.8 Å². The lowest BCUT2D eigenvalue weighted by molar-refractivity contribution is 0.357. The molecular weight excluding hydrogens is 264 g/mol. The van der Waals surface area contributed by atoms with Crippen molar-refractivity contribution in [2.24, 2.45) is 0 Å². The van der Waals surface area contributed by atoms with Gasteiger partial charge in [-0.3, -0.25) is 0 Å². The van der Waals surface area contributed by atoms with E-state index in [1.165, 1.54) is 0 Å². The first kappa shape index (κ1) is 15.3. The molecule has 0 aliphatic carbocycles. The van der Waals surface area contributed by atoms with Crippen molar-refractivity contribution in [1.29, 1.82) is 0 Å². The van der Waals surface area contributed by atoms with E-state index in [2.05, 4.69) is 30.0 Å². The predicted molar refractivity (Wildman–Crippen MR) is 83.4 cm³/mol. The SMILES string of the molecule is C=CCOc1ccccc1CNC(C)c1c(C)noc1C. The number of hydrogen-bond donors (Lipinski definition) is 1. The minimum atomic E-state index is 0.170. The molecule has 1 heterocycles. The van der Waals surface area contributed by atoms with Crippen molar-refractivity contribution in [2.45, 2.75) is 33.4 Å². The summed E-state index contributed by atoms with van der Waals surface area (Å²) in [5.74, 6) is 1.75. The summed E-state index contributed by atoms with van der Waals surface area (Å²) in [7, 11) is 0. The van der Waals surface area contributed by atoms with E-state index in [9.17, 15) is 0 Å². The van der Waals surface area contributed by atoms with Gasteiger partial charge in [-0.1, -0.05) is 36.0 Å². The van der Waals surface area contributed by atoms with E-state index < -0.39 is 0 Å². The third kappa shape index (κ3) is 3.73. The number of ether oxygens (including phenoxy) is 1. The average molecular weight is 286 g/mol. The summed E-state index contributed by atoms with van der Waals surface area (Å²) >= 11 is 0. The van der Waals surface area contributed by atoms with Crippen LogP contribution in [0.4, 0.5) is 0 Å². The Hall–Kier alpha value is -2.07. The Labute approximate surface area is 125 Å². The van der Waals surface area contributed by atoms with Gasteiger partial charge in [0.15, 0.2) is 0 Å². The molecule has 0 saturated heterocycles. The second kappa shape index (κ2) is 7.09. The van der Waals surface area contributed by atoms with Crippen LogP contribution in [0.3, 0.4) is 0 Å². The second-order valence-electron chi connectivity index (χ2n) is 5.05. The lowest BCUT2D eigenvalue weighted by Crippen LogP contribution is -2.19. The van der Waals surface area contributed by atoms with Crippen molar-refractivity contribution in [1.82, 2.24) is 10.5 Å². The molecule has 1 aromatic carbocycles. The second-order valence-corrected chi connectivity index (χ2v) is 5.05. The molecule has 1 atom stereocenters. The fraction of sp³-hybridized carbons (Fsp3) is 0.353. The highest BCUT2D eigenvalue weighted by Crippen LogP contribution is 2.23. The molecule has 2 aromatic rings. The first-order valence-electron chi connectivity index (χ1n) is 7.11. The normalized spacial score (nSPS) is 12.1. The first-order valence-corrected chi connectivity index (χ1v) is 7.11. The maximum Gasteiger partial charge on any atom is 0.138 e. The van der Waals surface area contributed by atoms with E-state index in [0.29, 0.717) is 6.61 Å². The van der Waals surface area contributed by atoms with E-state index >= 15 is 0 Å². The number of para-hydroxylation sites is 1. The molecule has 1 N–H and O–H groups in total. The van der Waals surface area contributed by atoms with Crippen LogP contribution in [0.1, 0.15) is 35.5 Å². The van der Waals surface area contributed by atoms with Gasteiger partial charge in [0.05, 0.1) is 5.69 Å². The molecule has 0 bridgehead atoms. The third-order valence-electron chi connectivity index (χ3n) is 3.45. The summed E-state index contributed by atoms with van der Waals surface area (Å²) in [5, 5.41) is 7.49. The highest BCUT2D eigenvalue weighted by Gasteiger charge is 2.16. The zero-order valence-corrected chi connectivity index (χ0v) is 12.8. The van der Waals surface area contributed by atoms with Gasteiger partial charge in [-0.2, -0.15) is 0 Å². The van der Waals surface area contributed by atoms with Crippen LogP contribution < -0.4 is 10.1 Å². The van der Waals surface area contributed by atoms with Crippen LogP contribution in [0.2, 0.25) is 0 Å². The maximum atomic E-state index is 5.67. The van der Waals surface area contributed by atoms with Crippen molar-refractivity contribution in [3.05, 3.63) is 59.5 Å². The Kier molecular flexibility index (Phi) is 5.17. The number of aryl methyl sites for hydroxylation is 2. The molecule has 4 heteroatoms. The fourth-order valence-corrected chi connectivity index (χ4v) is 2.41. The molecule has 112 valence electrons. The lowest BCUT2D eigenvalue weighted by atomic mass is 10.1. The summed E-state index contributed by atoms with van der Waals surface area (Å²) in [6, 6.07) is 8.19. The standard InChI is InChI=1S/C17H22N2O2/c1-5-10-20-16-9-7-6-8-15(16)11-18-12(2)17-13(3)19-21-14(17)4/h5-9,12,18H,1,10-11H2,2-4H3. The summed E-state index contributed by atoms with van der Waals surface area (Å²) in [6.45, 7) is 10.9. The summed E-state index contributed by atoms with van der Waals surface area (Å²) in [5.41, 5.74) is 3.18. The zero-order valence-electron chi connectivity index (χ0n) is 12.8. The molecule has 1 unspecified atom stereocenters. The molecule has 1 aromatic heterocycles. The molecule has 0 fully saturated rings. The number of aromatic nitrogens is 1. The maximum absolute atomic E-state index is 5.67. The minimum absolute atomic E-state index is 0.170. The predicted octanol–water partition coefficient (Wildman–Crippen LogP) is 3.71. The topological polar surface area (TPSA) is 47.3 Å². The van der Waals surface area contributed by atoms with E-state index in [4.69, 9.17) is 9.26 Å². The highest BCUT2D eigenvalue weighted by atomic mass is 16.5. The molecule has 0 aliphatic heterocycles. The van der Waals surface area contributed by atoms with Gasteiger partial charge < -0.3 is 14.6 Å². The summed E-state index contributed by atoms with van der Waals surface area (Å²) < 4.78 is 10.9. The van der Waals surface area contributed by atoms with E-state index in [0.717, 1.165) is 34.9 Å². The van der Waals surface area contributed by atoms with Crippen molar-refractivity contribution in [3.8, 4) is 5.75 Å². The number of benzene rings is 1. The van der Waals surface area contributed by atoms with Crippen LogP contribution in [0.15, 0.2) is 41.4 Å². The Bertz CT molecular complexity index is 585. The van der Waals surface area contributed by atoms with E-state index in [1.807, 2.05) is 32.0 Å².